The summed E-state index contributed by atoms with van der Waals surface area (Å²) in [7, 11) is 3.17. The lowest BCUT2D eigenvalue weighted by Crippen LogP contribution is -2.30. The first-order chi connectivity index (χ1) is 13.0. The second kappa shape index (κ2) is 8.24. The zero-order valence-corrected chi connectivity index (χ0v) is 15.2. The number of nitrogens with zero attached hydrogens (tertiary/aromatic N) is 1. The Balaban J connectivity index is 1.83. The van der Waals surface area contributed by atoms with Crippen molar-refractivity contribution in [1.82, 2.24) is 4.90 Å². The second-order valence-corrected chi connectivity index (χ2v) is 6.17. The van der Waals surface area contributed by atoms with Gasteiger partial charge in [-0.1, -0.05) is 0 Å². The molecule has 5 nitrogen and oxygen atoms in total. The molecule has 0 spiro atoms. The van der Waals surface area contributed by atoms with E-state index in [9.17, 15) is 13.6 Å². The standard InChI is InChI=1S/C20H21F2NO4/c1-25-15-9-10-16(18(12-15)26-2)17-4-3-11-23(17)19(24)13-5-7-14(8-6-13)27-20(21)22/h5-10,12,17,20H,3-4,11H2,1-2H3. The number of hydrogen-bond donors (Lipinski definition) is 0. The van der Waals surface area contributed by atoms with Crippen molar-refractivity contribution in [2.75, 3.05) is 20.8 Å². The normalized spacial score (nSPS) is 16.5. The van der Waals surface area contributed by atoms with Gasteiger partial charge in [0.15, 0.2) is 0 Å². The number of halogens is 2. The van der Waals surface area contributed by atoms with Crippen LogP contribution in [0, 0.1) is 0 Å². The molecule has 1 saturated heterocycles. The van der Waals surface area contributed by atoms with Crippen LogP contribution in [0.3, 0.4) is 0 Å². The molecule has 0 aliphatic carbocycles. The molecule has 2 aromatic carbocycles. The molecule has 1 heterocycles. The number of amides is 1. The third kappa shape index (κ3) is 4.13. The molecule has 144 valence electrons. The summed E-state index contributed by atoms with van der Waals surface area (Å²) in [6, 6.07) is 11.2. The molecule has 0 saturated carbocycles. The molecule has 1 atom stereocenters. The topological polar surface area (TPSA) is 48.0 Å². The minimum atomic E-state index is -2.89. The predicted molar refractivity (Wildman–Crippen MR) is 95.6 cm³/mol. The molecule has 0 aromatic heterocycles. The number of alkyl halides is 2. The molecule has 1 fully saturated rings. The van der Waals surface area contributed by atoms with E-state index < -0.39 is 6.61 Å². The number of rotatable bonds is 6. The van der Waals surface area contributed by atoms with E-state index in [1.165, 1.54) is 24.3 Å². The van der Waals surface area contributed by atoms with Gasteiger partial charge in [-0.05, 0) is 49.2 Å². The van der Waals surface area contributed by atoms with Gasteiger partial charge >= 0.3 is 6.61 Å². The molecule has 1 unspecified atom stereocenters. The van der Waals surface area contributed by atoms with Crippen LogP contribution in [0.25, 0.3) is 0 Å². The first-order valence-electron chi connectivity index (χ1n) is 8.61. The van der Waals surface area contributed by atoms with Crippen molar-refractivity contribution < 1.29 is 27.8 Å². The lowest BCUT2D eigenvalue weighted by atomic mass is 10.0. The van der Waals surface area contributed by atoms with E-state index >= 15 is 0 Å². The van der Waals surface area contributed by atoms with Gasteiger partial charge in [-0.15, -0.1) is 0 Å². The average molecular weight is 377 g/mol. The average Bonchev–Trinajstić information content (AvgIpc) is 3.16. The number of carbonyl (C=O) groups is 1. The van der Waals surface area contributed by atoms with Crippen molar-refractivity contribution in [3.8, 4) is 17.2 Å². The summed E-state index contributed by atoms with van der Waals surface area (Å²) in [5.74, 6) is 1.22. The van der Waals surface area contributed by atoms with Crippen LogP contribution in [-0.4, -0.2) is 38.2 Å². The molecule has 0 radical (unpaired) electrons. The van der Waals surface area contributed by atoms with Crippen LogP contribution in [0.5, 0.6) is 17.2 Å². The van der Waals surface area contributed by atoms with Crippen molar-refractivity contribution in [2.45, 2.75) is 25.5 Å². The zero-order valence-electron chi connectivity index (χ0n) is 15.2. The number of ether oxygens (including phenoxy) is 3. The number of methoxy groups -OCH3 is 2. The van der Waals surface area contributed by atoms with Crippen LogP contribution >= 0.6 is 0 Å². The van der Waals surface area contributed by atoms with E-state index in [1.807, 2.05) is 12.1 Å². The third-order valence-corrected chi connectivity index (χ3v) is 4.64. The van der Waals surface area contributed by atoms with Crippen molar-refractivity contribution in [1.29, 1.82) is 0 Å². The minimum absolute atomic E-state index is 0.0244. The molecule has 1 aliphatic rings. The van der Waals surface area contributed by atoms with Gasteiger partial charge in [-0.3, -0.25) is 4.79 Å². The fraction of sp³-hybridized carbons (Fsp3) is 0.350. The summed E-state index contributed by atoms with van der Waals surface area (Å²) < 4.78 is 39.6. The van der Waals surface area contributed by atoms with Crippen molar-refractivity contribution in [2.24, 2.45) is 0 Å². The van der Waals surface area contributed by atoms with Gasteiger partial charge in [0.05, 0.1) is 20.3 Å². The second-order valence-electron chi connectivity index (χ2n) is 6.17. The summed E-state index contributed by atoms with van der Waals surface area (Å²) >= 11 is 0. The van der Waals surface area contributed by atoms with Crippen LogP contribution in [0.1, 0.15) is 34.8 Å². The molecule has 1 amide bonds. The van der Waals surface area contributed by atoms with Gasteiger partial charge < -0.3 is 19.1 Å². The highest BCUT2D eigenvalue weighted by molar-refractivity contribution is 5.94. The molecule has 0 bridgehead atoms. The first kappa shape index (κ1) is 18.9. The van der Waals surface area contributed by atoms with Gasteiger partial charge in [0.25, 0.3) is 5.91 Å². The van der Waals surface area contributed by atoms with Crippen LogP contribution in [-0.2, 0) is 0 Å². The van der Waals surface area contributed by atoms with Gasteiger partial charge in [0.1, 0.15) is 17.2 Å². The minimum Gasteiger partial charge on any atom is -0.497 e. The fourth-order valence-electron chi connectivity index (χ4n) is 3.37. The first-order valence-corrected chi connectivity index (χ1v) is 8.61. The van der Waals surface area contributed by atoms with Crippen molar-refractivity contribution in [3.63, 3.8) is 0 Å². The predicted octanol–water partition coefficient (Wildman–Crippen LogP) is 4.28. The fourth-order valence-corrected chi connectivity index (χ4v) is 3.37. The number of likely N-dealkylation sites (tertiary alicyclic amines) is 1. The van der Waals surface area contributed by atoms with Gasteiger partial charge in [-0.2, -0.15) is 8.78 Å². The Morgan fingerprint density at radius 3 is 2.41 bits per heavy atom. The molecule has 2 aromatic rings. The van der Waals surface area contributed by atoms with Crippen LogP contribution < -0.4 is 14.2 Å². The lowest BCUT2D eigenvalue weighted by Gasteiger charge is -2.26. The third-order valence-electron chi connectivity index (χ3n) is 4.64. The molecule has 7 heteroatoms. The van der Waals surface area contributed by atoms with Gasteiger partial charge in [-0.25, -0.2) is 0 Å². The summed E-state index contributed by atoms with van der Waals surface area (Å²) in [5, 5.41) is 0. The maximum Gasteiger partial charge on any atom is 0.387 e. The SMILES string of the molecule is COc1ccc(C2CCCN2C(=O)c2ccc(OC(F)F)cc2)c(OC)c1. The van der Waals surface area contributed by atoms with Crippen LogP contribution in [0.2, 0.25) is 0 Å². The van der Waals surface area contributed by atoms with E-state index in [2.05, 4.69) is 4.74 Å². The maximum atomic E-state index is 13.0. The number of benzene rings is 2. The Hall–Kier alpha value is -2.83. The quantitative estimate of drug-likeness (QED) is 0.754. The smallest absolute Gasteiger partial charge is 0.387 e. The van der Waals surface area contributed by atoms with Crippen molar-refractivity contribution >= 4 is 5.91 Å². The molecule has 1 aliphatic heterocycles. The number of carbonyl (C=O) groups excluding carboxylic acids is 1. The van der Waals surface area contributed by atoms with E-state index in [0.29, 0.717) is 23.6 Å². The lowest BCUT2D eigenvalue weighted by molar-refractivity contribution is -0.0498. The van der Waals surface area contributed by atoms with E-state index in [1.54, 1.807) is 25.2 Å². The Morgan fingerprint density at radius 1 is 1.07 bits per heavy atom. The Labute approximate surface area is 156 Å². The molecule has 0 N–H and O–H groups in total. The highest BCUT2D eigenvalue weighted by Gasteiger charge is 2.32. The van der Waals surface area contributed by atoms with Crippen molar-refractivity contribution in [3.05, 3.63) is 53.6 Å². The summed E-state index contributed by atoms with van der Waals surface area (Å²) in [6.07, 6.45) is 1.69. The highest BCUT2D eigenvalue weighted by Crippen LogP contribution is 2.39. The molecular formula is C20H21F2NO4. The van der Waals surface area contributed by atoms with Gasteiger partial charge in [0.2, 0.25) is 0 Å². The zero-order chi connectivity index (χ0) is 19.4. The Kier molecular flexibility index (Phi) is 5.78. The van der Waals surface area contributed by atoms with Gasteiger partial charge in [0, 0.05) is 23.7 Å². The van der Waals surface area contributed by atoms with E-state index in [0.717, 1.165) is 18.4 Å². The summed E-state index contributed by atoms with van der Waals surface area (Å²) in [5.41, 5.74) is 1.35. The van der Waals surface area contributed by atoms with E-state index in [-0.39, 0.29) is 17.7 Å². The molecule has 3 rings (SSSR count). The maximum absolute atomic E-state index is 13.0. The summed E-state index contributed by atoms with van der Waals surface area (Å²) in [6.45, 7) is -2.27. The monoisotopic (exact) mass is 377 g/mol. The largest absolute Gasteiger partial charge is 0.497 e. The molecule has 27 heavy (non-hydrogen) atoms. The van der Waals surface area contributed by atoms with E-state index in [4.69, 9.17) is 9.47 Å². The molecular weight excluding hydrogens is 356 g/mol. The number of hydrogen-bond acceptors (Lipinski definition) is 4. The van der Waals surface area contributed by atoms with Crippen LogP contribution in [0.15, 0.2) is 42.5 Å². The highest BCUT2D eigenvalue weighted by atomic mass is 19.3. The Bertz CT molecular complexity index is 795. The van der Waals surface area contributed by atoms with Crippen LogP contribution in [0.4, 0.5) is 8.78 Å². The summed E-state index contributed by atoms with van der Waals surface area (Å²) in [4.78, 5) is 14.7. The Morgan fingerprint density at radius 2 is 1.78 bits per heavy atom.